The van der Waals surface area contributed by atoms with Crippen molar-refractivity contribution in [3.8, 4) is 5.75 Å². The zero-order valence-electron chi connectivity index (χ0n) is 9.68. The summed E-state index contributed by atoms with van der Waals surface area (Å²) in [7, 11) is 0. The van der Waals surface area contributed by atoms with Crippen LogP contribution in [0.2, 0.25) is 0 Å². The maximum atomic E-state index is 13.3. The summed E-state index contributed by atoms with van der Waals surface area (Å²) in [5.74, 6) is -1.39. The molecule has 1 rings (SSSR count). The molecule has 0 heterocycles. The molecule has 1 aromatic rings. The number of halogens is 1. The molecule has 0 radical (unpaired) electrons. The minimum atomic E-state index is -1.02. The van der Waals surface area contributed by atoms with Crippen LogP contribution in [0.15, 0.2) is 12.1 Å². The molecule has 0 unspecified atom stereocenters. The zero-order valence-corrected chi connectivity index (χ0v) is 9.68. The topological polar surface area (TPSA) is 89.4 Å². The number of hydrogen-bond acceptors (Lipinski definition) is 4. The van der Waals surface area contributed by atoms with Gasteiger partial charge in [-0.15, -0.1) is 0 Å². The Balaban J connectivity index is 3.17. The molecule has 17 heavy (non-hydrogen) atoms. The van der Waals surface area contributed by atoms with Gasteiger partial charge in [-0.2, -0.15) is 0 Å². The molecule has 0 bridgehead atoms. The zero-order chi connectivity index (χ0) is 13.2. The summed E-state index contributed by atoms with van der Waals surface area (Å²) in [4.78, 5) is 9.86. The highest BCUT2D eigenvalue weighted by Crippen LogP contribution is 2.32. The summed E-state index contributed by atoms with van der Waals surface area (Å²) in [6.45, 7) is 3.84. The molecule has 3 N–H and O–H groups in total. The number of hydrogen-bond donors (Lipinski definition) is 2. The van der Waals surface area contributed by atoms with Crippen LogP contribution >= 0.6 is 0 Å². The van der Waals surface area contributed by atoms with E-state index in [1.807, 2.05) is 13.8 Å². The fourth-order valence-corrected chi connectivity index (χ4v) is 1.63. The summed E-state index contributed by atoms with van der Waals surface area (Å²) in [5, 5.41) is 20.1. The molecule has 0 saturated carbocycles. The van der Waals surface area contributed by atoms with E-state index in [9.17, 15) is 19.6 Å². The number of nitrogens with two attached hydrogens (primary N) is 1. The van der Waals surface area contributed by atoms with Crippen molar-refractivity contribution in [3.05, 3.63) is 33.6 Å². The van der Waals surface area contributed by atoms with E-state index >= 15 is 0 Å². The average molecular weight is 242 g/mol. The third-order valence-electron chi connectivity index (χ3n) is 2.41. The second-order valence-electron chi connectivity index (χ2n) is 4.36. The Morgan fingerprint density at radius 3 is 2.59 bits per heavy atom. The van der Waals surface area contributed by atoms with Gasteiger partial charge < -0.3 is 10.8 Å². The third-order valence-corrected chi connectivity index (χ3v) is 2.41. The summed E-state index contributed by atoms with van der Waals surface area (Å²) in [5.41, 5.74) is 5.45. The van der Waals surface area contributed by atoms with Crippen molar-refractivity contribution in [3.63, 3.8) is 0 Å². The lowest BCUT2D eigenvalue weighted by Crippen LogP contribution is -2.14. The average Bonchev–Trinajstić information content (AvgIpc) is 2.20. The standard InChI is InChI=1S/C11H15FN2O3/c1-6(2)3-10(13)8-4-7(14(16)17)5-9(12)11(8)15/h4-6,10,15H,3,13H2,1-2H3/t10-/m1/s1. The van der Waals surface area contributed by atoms with E-state index in [0.29, 0.717) is 12.5 Å². The lowest BCUT2D eigenvalue weighted by Gasteiger charge is -2.15. The SMILES string of the molecule is CC(C)C[C@@H](N)c1cc([N+](=O)[O-])cc(F)c1O. The minimum Gasteiger partial charge on any atom is -0.505 e. The quantitative estimate of drug-likeness (QED) is 0.627. The maximum Gasteiger partial charge on any atom is 0.272 e. The van der Waals surface area contributed by atoms with E-state index in [1.165, 1.54) is 0 Å². The van der Waals surface area contributed by atoms with Gasteiger partial charge in [0.15, 0.2) is 11.6 Å². The first-order valence-corrected chi connectivity index (χ1v) is 5.25. The number of phenols is 1. The van der Waals surface area contributed by atoms with Crippen molar-refractivity contribution in [1.29, 1.82) is 0 Å². The van der Waals surface area contributed by atoms with E-state index < -0.39 is 28.2 Å². The van der Waals surface area contributed by atoms with Gasteiger partial charge in [-0.25, -0.2) is 4.39 Å². The molecule has 0 saturated heterocycles. The van der Waals surface area contributed by atoms with Gasteiger partial charge in [-0.3, -0.25) is 10.1 Å². The van der Waals surface area contributed by atoms with Gasteiger partial charge in [0.25, 0.3) is 5.69 Å². The highest BCUT2D eigenvalue weighted by atomic mass is 19.1. The molecule has 0 amide bonds. The van der Waals surface area contributed by atoms with Gasteiger partial charge in [0.1, 0.15) is 0 Å². The number of nitrogens with zero attached hydrogens (tertiary/aromatic N) is 1. The van der Waals surface area contributed by atoms with Gasteiger partial charge in [0.05, 0.1) is 11.0 Å². The number of benzene rings is 1. The van der Waals surface area contributed by atoms with Crippen LogP contribution in [-0.4, -0.2) is 10.0 Å². The van der Waals surface area contributed by atoms with Crippen LogP contribution < -0.4 is 5.73 Å². The Labute approximate surface area is 98.2 Å². The first-order valence-electron chi connectivity index (χ1n) is 5.25. The first kappa shape index (κ1) is 13.4. The molecule has 6 heteroatoms. The molecule has 1 aromatic carbocycles. The van der Waals surface area contributed by atoms with Crippen molar-refractivity contribution >= 4 is 5.69 Å². The van der Waals surface area contributed by atoms with Gasteiger partial charge in [0, 0.05) is 17.7 Å². The highest BCUT2D eigenvalue weighted by molar-refractivity contribution is 5.45. The Morgan fingerprint density at radius 1 is 1.53 bits per heavy atom. The summed E-state index contributed by atoms with van der Waals surface area (Å²) >= 11 is 0. The van der Waals surface area contributed by atoms with Gasteiger partial charge >= 0.3 is 0 Å². The van der Waals surface area contributed by atoms with Crippen LogP contribution in [0.4, 0.5) is 10.1 Å². The van der Waals surface area contributed by atoms with Crippen LogP contribution in [-0.2, 0) is 0 Å². The molecule has 0 fully saturated rings. The van der Waals surface area contributed by atoms with Crippen molar-refractivity contribution in [1.82, 2.24) is 0 Å². The summed E-state index contributed by atoms with van der Waals surface area (Å²) < 4.78 is 13.3. The van der Waals surface area contributed by atoms with Crippen molar-refractivity contribution < 1.29 is 14.4 Å². The van der Waals surface area contributed by atoms with E-state index in [4.69, 9.17) is 5.73 Å². The number of nitro benzene ring substituents is 1. The lowest BCUT2D eigenvalue weighted by molar-refractivity contribution is -0.385. The fourth-order valence-electron chi connectivity index (χ4n) is 1.63. The molecule has 5 nitrogen and oxygen atoms in total. The third kappa shape index (κ3) is 3.13. The molecule has 0 aliphatic carbocycles. The predicted octanol–water partition coefficient (Wildman–Crippen LogP) is 2.49. The number of rotatable bonds is 4. The molecular weight excluding hydrogens is 227 g/mol. The van der Waals surface area contributed by atoms with E-state index in [-0.39, 0.29) is 11.5 Å². The summed E-state index contributed by atoms with van der Waals surface area (Å²) in [6, 6.07) is 1.18. The molecule has 1 atom stereocenters. The Bertz CT molecular complexity index is 435. The molecule has 0 aromatic heterocycles. The van der Waals surface area contributed by atoms with Crippen LogP contribution in [0.3, 0.4) is 0 Å². The van der Waals surface area contributed by atoms with E-state index in [1.54, 1.807) is 0 Å². The maximum absolute atomic E-state index is 13.3. The number of nitro groups is 1. The Hall–Kier alpha value is -1.69. The number of aromatic hydroxyl groups is 1. The van der Waals surface area contributed by atoms with Crippen molar-refractivity contribution in [2.45, 2.75) is 26.3 Å². The predicted molar refractivity (Wildman–Crippen MR) is 61.1 cm³/mol. The molecule has 94 valence electrons. The number of phenolic OH excluding ortho intramolecular Hbond substituents is 1. The van der Waals surface area contributed by atoms with Gasteiger partial charge in [-0.1, -0.05) is 13.8 Å². The fraction of sp³-hybridized carbons (Fsp3) is 0.455. The molecule has 0 aliphatic rings. The van der Waals surface area contributed by atoms with Crippen LogP contribution in [0.25, 0.3) is 0 Å². The first-order chi connectivity index (χ1) is 7.82. The van der Waals surface area contributed by atoms with E-state index in [0.717, 1.165) is 6.07 Å². The molecular formula is C11H15FN2O3. The molecule has 0 aliphatic heterocycles. The monoisotopic (exact) mass is 242 g/mol. The van der Waals surface area contributed by atoms with Crippen molar-refractivity contribution in [2.75, 3.05) is 0 Å². The second-order valence-corrected chi connectivity index (χ2v) is 4.36. The minimum absolute atomic E-state index is 0.0744. The second kappa shape index (κ2) is 5.09. The Kier molecular flexibility index (Phi) is 4.01. The van der Waals surface area contributed by atoms with Crippen LogP contribution in [0.1, 0.15) is 31.9 Å². The normalized spacial score (nSPS) is 12.8. The van der Waals surface area contributed by atoms with E-state index in [2.05, 4.69) is 0 Å². The molecule has 0 spiro atoms. The Morgan fingerprint density at radius 2 is 2.12 bits per heavy atom. The number of non-ortho nitro benzene ring substituents is 1. The lowest BCUT2D eigenvalue weighted by atomic mass is 9.96. The van der Waals surface area contributed by atoms with Crippen molar-refractivity contribution in [2.24, 2.45) is 11.7 Å². The van der Waals surface area contributed by atoms with Crippen LogP contribution in [0.5, 0.6) is 5.75 Å². The smallest absolute Gasteiger partial charge is 0.272 e. The summed E-state index contributed by atoms with van der Waals surface area (Å²) in [6.07, 6.45) is 0.508. The largest absolute Gasteiger partial charge is 0.505 e. The van der Waals surface area contributed by atoms with Gasteiger partial charge in [0.2, 0.25) is 0 Å². The highest BCUT2D eigenvalue weighted by Gasteiger charge is 2.20. The van der Waals surface area contributed by atoms with Crippen LogP contribution in [0, 0.1) is 21.8 Å². The van der Waals surface area contributed by atoms with Gasteiger partial charge in [-0.05, 0) is 12.3 Å².